The van der Waals surface area contributed by atoms with Gasteiger partial charge >= 0.3 is 0 Å². The molecule has 0 spiro atoms. The van der Waals surface area contributed by atoms with E-state index in [1.165, 1.54) is 0 Å². The van der Waals surface area contributed by atoms with Gasteiger partial charge in [-0.3, -0.25) is 9.78 Å². The maximum Gasteiger partial charge on any atom is 0.268 e. The van der Waals surface area contributed by atoms with E-state index in [-0.39, 0.29) is 5.78 Å². The summed E-state index contributed by atoms with van der Waals surface area (Å²) in [7, 11) is 0. The summed E-state index contributed by atoms with van der Waals surface area (Å²) >= 11 is 0. The van der Waals surface area contributed by atoms with Crippen LogP contribution < -0.4 is 0 Å². The average molecular weight is 356 g/mol. The molecule has 0 saturated carbocycles. The van der Waals surface area contributed by atoms with Crippen LogP contribution in [0.4, 0.5) is 0 Å². The van der Waals surface area contributed by atoms with Gasteiger partial charge in [0.25, 0.3) is 5.89 Å². The largest absolute Gasteiger partial charge is 0.415 e. The first-order valence-electron chi connectivity index (χ1n) is 8.46. The quantitative estimate of drug-likeness (QED) is 0.505. The van der Waals surface area contributed by atoms with Crippen LogP contribution in [-0.2, 0) is 0 Å². The van der Waals surface area contributed by atoms with Crippen molar-refractivity contribution in [2.45, 2.75) is 13.8 Å². The zero-order valence-corrected chi connectivity index (χ0v) is 14.9. The monoisotopic (exact) mass is 356 g/mol. The number of hydrogen-bond donors (Lipinski definition) is 0. The molecule has 0 aliphatic carbocycles. The van der Waals surface area contributed by atoms with Crippen LogP contribution in [-0.4, -0.2) is 25.9 Å². The number of nitrogens with zero attached hydrogens (tertiary/aromatic N) is 4. The van der Waals surface area contributed by atoms with Gasteiger partial charge in [0.1, 0.15) is 5.69 Å². The third-order valence-corrected chi connectivity index (χ3v) is 4.19. The lowest BCUT2D eigenvalue weighted by molar-refractivity contribution is 0.101. The van der Waals surface area contributed by atoms with Crippen molar-refractivity contribution in [3.63, 3.8) is 0 Å². The van der Waals surface area contributed by atoms with E-state index in [0.717, 1.165) is 11.1 Å². The number of carbonyl (C=O) groups excluding carboxylic acids is 1. The lowest BCUT2D eigenvalue weighted by atomic mass is 10.1. The number of ketones is 1. The lowest BCUT2D eigenvalue weighted by Crippen LogP contribution is -1.96. The maximum absolute atomic E-state index is 11.4. The number of rotatable bonds is 4. The molecule has 0 radical (unpaired) electrons. The van der Waals surface area contributed by atoms with Gasteiger partial charge in [-0.15, -0.1) is 10.2 Å². The van der Waals surface area contributed by atoms with E-state index < -0.39 is 0 Å². The van der Waals surface area contributed by atoms with Crippen LogP contribution in [0.15, 0.2) is 65.2 Å². The highest BCUT2D eigenvalue weighted by molar-refractivity contribution is 5.94. The highest BCUT2D eigenvalue weighted by Crippen LogP contribution is 2.26. The Morgan fingerprint density at radius 2 is 1.59 bits per heavy atom. The molecule has 2 heterocycles. The second-order valence-corrected chi connectivity index (χ2v) is 6.10. The third-order valence-electron chi connectivity index (χ3n) is 4.19. The first kappa shape index (κ1) is 16.8. The Hall–Kier alpha value is -3.67. The van der Waals surface area contributed by atoms with Crippen LogP contribution in [0.25, 0.3) is 34.3 Å². The van der Waals surface area contributed by atoms with Gasteiger partial charge < -0.3 is 4.42 Å². The first-order chi connectivity index (χ1) is 13.1. The van der Waals surface area contributed by atoms with Crippen molar-refractivity contribution in [2.75, 3.05) is 0 Å². The van der Waals surface area contributed by atoms with Gasteiger partial charge in [0, 0.05) is 16.7 Å². The van der Waals surface area contributed by atoms with E-state index in [1.807, 2.05) is 49.4 Å². The summed E-state index contributed by atoms with van der Waals surface area (Å²) in [6, 6.07) is 16.8. The van der Waals surface area contributed by atoms with Crippen molar-refractivity contribution in [2.24, 2.45) is 0 Å². The molecule has 27 heavy (non-hydrogen) atoms. The summed E-state index contributed by atoms with van der Waals surface area (Å²) < 4.78 is 5.81. The number of Topliss-reactive ketones (excluding diaryl/α,β-unsaturated/α-hetero) is 1. The number of hydrogen-bond acceptors (Lipinski definition) is 6. The second kappa shape index (κ2) is 6.92. The Morgan fingerprint density at radius 1 is 0.889 bits per heavy atom. The van der Waals surface area contributed by atoms with E-state index in [2.05, 4.69) is 20.2 Å². The average Bonchev–Trinajstić information content (AvgIpc) is 3.19. The Bertz CT molecular complexity index is 1100. The van der Waals surface area contributed by atoms with Gasteiger partial charge in [0.2, 0.25) is 5.89 Å². The topological polar surface area (TPSA) is 81.8 Å². The van der Waals surface area contributed by atoms with Crippen molar-refractivity contribution in [1.82, 2.24) is 20.2 Å². The summed E-state index contributed by atoms with van der Waals surface area (Å²) in [4.78, 5) is 20.5. The minimum atomic E-state index is 0.0246. The predicted octanol–water partition coefficient (Wildman–Crippen LogP) is 4.37. The highest BCUT2D eigenvalue weighted by atomic mass is 16.4. The van der Waals surface area contributed by atoms with Crippen LogP contribution in [0.2, 0.25) is 0 Å². The fraction of sp³-hybridized carbons (Fsp3) is 0.0952. The maximum atomic E-state index is 11.4. The normalized spacial score (nSPS) is 10.7. The molecule has 6 heteroatoms. The smallest absolute Gasteiger partial charge is 0.268 e. The molecule has 2 aromatic carbocycles. The zero-order chi connectivity index (χ0) is 18.8. The zero-order valence-electron chi connectivity index (χ0n) is 14.9. The van der Waals surface area contributed by atoms with Crippen molar-refractivity contribution in [1.29, 1.82) is 0 Å². The van der Waals surface area contributed by atoms with E-state index in [4.69, 9.17) is 4.42 Å². The molecule has 0 fully saturated rings. The van der Waals surface area contributed by atoms with Crippen molar-refractivity contribution in [3.05, 3.63) is 72.1 Å². The molecule has 0 unspecified atom stereocenters. The molecule has 0 aliphatic heterocycles. The molecule has 0 N–H and O–H groups in total. The summed E-state index contributed by atoms with van der Waals surface area (Å²) in [5.74, 6) is 0.778. The molecule has 0 atom stereocenters. The molecule has 132 valence electrons. The fourth-order valence-electron chi connectivity index (χ4n) is 2.68. The number of aryl methyl sites for hydroxylation is 1. The Morgan fingerprint density at radius 3 is 2.30 bits per heavy atom. The Kier molecular flexibility index (Phi) is 4.30. The highest BCUT2D eigenvalue weighted by Gasteiger charge is 2.16. The molecule has 4 rings (SSSR count). The van der Waals surface area contributed by atoms with Crippen LogP contribution in [0, 0.1) is 6.92 Å². The SMILES string of the molecule is CC(=O)c1ccc(-c2cnc(C)c(-c3nnc(-c4ccccc4)o3)n2)cc1. The summed E-state index contributed by atoms with van der Waals surface area (Å²) in [5.41, 5.74) is 4.27. The molecule has 0 amide bonds. The molecular weight excluding hydrogens is 340 g/mol. The molecule has 0 bridgehead atoms. The Labute approximate surface area is 156 Å². The van der Waals surface area contributed by atoms with Crippen molar-refractivity contribution < 1.29 is 9.21 Å². The standard InChI is InChI=1S/C21H16N4O2/c1-13-19(21-25-24-20(27-21)17-6-4-3-5-7-17)23-18(12-22-13)16-10-8-15(9-11-16)14(2)26/h3-12H,1-2H3. The lowest BCUT2D eigenvalue weighted by Gasteiger charge is -2.05. The van der Waals surface area contributed by atoms with Crippen molar-refractivity contribution >= 4 is 5.78 Å². The van der Waals surface area contributed by atoms with E-state index in [1.54, 1.807) is 25.3 Å². The van der Waals surface area contributed by atoms with Crippen LogP contribution in [0.3, 0.4) is 0 Å². The summed E-state index contributed by atoms with van der Waals surface area (Å²) in [6.45, 7) is 3.38. The first-order valence-corrected chi connectivity index (χ1v) is 8.46. The van der Waals surface area contributed by atoms with Gasteiger partial charge in [-0.05, 0) is 26.0 Å². The second-order valence-electron chi connectivity index (χ2n) is 6.10. The van der Waals surface area contributed by atoms with E-state index in [0.29, 0.717) is 34.4 Å². The summed E-state index contributed by atoms with van der Waals surface area (Å²) in [5, 5.41) is 8.25. The molecule has 6 nitrogen and oxygen atoms in total. The number of carbonyl (C=O) groups is 1. The van der Waals surface area contributed by atoms with Gasteiger partial charge in [-0.25, -0.2) is 4.98 Å². The van der Waals surface area contributed by atoms with E-state index in [9.17, 15) is 4.79 Å². The Balaban J connectivity index is 1.71. The van der Waals surface area contributed by atoms with E-state index >= 15 is 0 Å². The minimum Gasteiger partial charge on any atom is -0.415 e. The number of benzene rings is 2. The molecule has 2 aromatic heterocycles. The molecule has 0 saturated heterocycles. The van der Waals surface area contributed by atoms with Gasteiger partial charge in [-0.1, -0.05) is 42.5 Å². The van der Waals surface area contributed by atoms with Crippen molar-refractivity contribution in [3.8, 4) is 34.3 Å². The summed E-state index contributed by atoms with van der Waals surface area (Å²) in [6.07, 6.45) is 1.69. The predicted molar refractivity (Wildman–Crippen MR) is 101 cm³/mol. The van der Waals surface area contributed by atoms with Crippen LogP contribution in [0.1, 0.15) is 23.0 Å². The molecule has 4 aromatic rings. The van der Waals surface area contributed by atoms with Gasteiger partial charge in [0.05, 0.1) is 17.6 Å². The van der Waals surface area contributed by atoms with Gasteiger partial charge in [0.15, 0.2) is 5.78 Å². The molecular formula is C21H16N4O2. The van der Waals surface area contributed by atoms with Gasteiger partial charge in [-0.2, -0.15) is 0 Å². The minimum absolute atomic E-state index is 0.0246. The third kappa shape index (κ3) is 3.37. The van der Waals surface area contributed by atoms with Crippen LogP contribution in [0.5, 0.6) is 0 Å². The van der Waals surface area contributed by atoms with Crippen LogP contribution >= 0.6 is 0 Å². The fourth-order valence-corrected chi connectivity index (χ4v) is 2.68. The number of aromatic nitrogens is 4. The molecule has 0 aliphatic rings.